The molecule has 0 radical (unpaired) electrons. The third-order valence-corrected chi connectivity index (χ3v) is 3.36. The van der Waals surface area contributed by atoms with Crippen molar-refractivity contribution in [3.63, 3.8) is 0 Å². The number of alkyl halides is 6. The summed E-state index contributed by atoms with van der Waals surface area (Å²) in [6.45, 7) is 2.23. The molecule has 2 N–H and O–H groups in total. The van der Waals surface area contributed by atoms with Crippen molar-refractivity contribution in [3.8, 4) is 11.5 Å². The monoisotopic (exact) mass is 386 g/mol. The van der Waals surface area contributed by atoms with Gasteiger partial charge in [0, 0.05) is 11.1 Å². The summed E-state index contributed by atoms with van der Waals surface area (Å²) in [4.78, 5) is 11.1. The van der Waals surface area contributed by atoms with Crippen molar-refractivity contribution in [3.05, 3.63) is 28.8 Å². The van der Waals surface area contributed by atoms with Gasteiger partial charge in [0.05, 0.1) is 11.2 Å². The number of fused-ring (bicyclic) bond motifs is 1. The average molecular weight is 386 g/mol. The van der Waals surface area contributed by atoms with Crippen LogP contribution in [0, 0.1) is 0 Å². The minimum atomic E-state index is -5.10. The van der Waals surface area contributed by atoms with Crippen LogP contribution in [0.5, 0.6) is 11.5 Å². The van der Waals surface area contributed by atoms with E-state index in [2.05, 4.69) is 4.74 Å². The lowest BCUT2D eigenvalue weighted by atomic mass is 9.91. The second-order valence-corrected chi connectivity index (χ2v) is 5.94. The number of benzene rings is 1. The molecule has 1 unspecified atom stereocenters. The molecule has 0 aromatic heterocycles. The van der Waals surface area contributed by atoms with E-state index in [1.54, 1.807) is 0 Å². The molecule has 0 saturated heterocycles. The number of carboxylic acids is 1. The summed E-state index contributed by atoms with van der Waals surface area (Å²) >= 11 is 0. The smallest absolute Gasteiger partial charge is 0.478 e. The first-order valence-electron chi connectivity index (χ1n) is 6.94. The molecular formula is C15H12F6O5. The Morgan fingerprint density at radius 1 is 1.15 bits per heavy atom. The highest BCUT2D eigenvalue weighted by Crippen LogP contribution is 2.44. The average Bonchev–Trinajstić information content (AvgIpc) is 2.41. The largest absolute Gasteiger partial charge is 0.573 e. The molecule has 0 amide bonds. The zero-order chi connectivity index (χ0) is 20.1. The fourth-order valence-corrected chi connectivity index (χ4v) is 2.35. The van der Waals surface area contributed by atoms with Crippen molar-refractivity contribution in [2.75, 3.05) is 0 Å². The number of aliphatic hydroxyl groups is 1. The molecule has 1 heterocycles. The Labute approximate surface area is 142 Å². The van der Waals surface area contributed by atoms with Crippen molar-refractivity contribution in [2.24, 2.45) is 0 Å². The van der Waals surface area contributed by atoms with Crippen LogP contribution in [0.2, 0.25) is 0 Å². The van der Waals surface area contributed by atoms with Gasteiger partial charge in [0.1, 0.15) is 11.5 Å². The van der Waals surface area contributed by atoms with E-state index in [4.69, 9.17) is 9.84 Å². The first kappa shape index (κ1) is 19.9. The van der Waals surface area contributed by atoms with Crippen LogP contribution in [0.25, 0.3) is 6.08 Å². The molecule has 5 nitrogen and oxygen atoms in total. The Morgan fingerprint density at radius 3 is 2.15 bits per heavy atom. The van der Waals surface area contributed by atoms with Crippen LogP contribution >= 0.6 is 0 Å². The Morgan fingerprint density at radius 2 is 1.73 bits per heavy atom. The van der Waals surface area contributed by atoms with Crippen LogP contribution in [-0.2, 0) is 10.4 Å². The van der Waals surface area contributed by atoms with Gasteiger partial charge < -0.3 is 19.7 Å². The first-order valence-corrected chi connectivity index (χ1v) is 6.94. The molecule has 0 saturated carbocycles. The van der Waals surface area contributed by atoms with E-state index < -0.39 is 58.4 Å². The highest BCUT2D eigenvalue weighted by Gasteiger charge is 2.49. The predicted molar refractivity (Wildman–Crippen MR) is 74.5 cm³/mol. The van der Waals surface area contributed by atoms with E-state index in [9.17, 15) is 36.2 Å². The number of rotatable bonds is 3. The number of hydrogen-bond acceptors (Lipinski definition) is 4. The van der Waals surface area contributed by atoms with E-state index >= 15 is 0 Å². The number of halogens is 6. The van der Waals surface area contributed by atoms with Gasteiger partial charge in [0.25, 0.3) is 0 Å². The Hall–Kier alpha value is -2.43. The second kappa shape index (κ2) is 6.08. The standard InChI is InChI=1S/C15H12F6O5/c1-13(2,24)9-5-7(26-15(19,20)21)3-6-4-8(12(22)23)11(14(16,17)18)25-10(6)9/h3-5,11,24H,1-2H3,(H,22,23). The lowest BCUT2D eigenvalue weighted by Crippen LogP contribution is -2.41. The molecule has 0 spiro atoms. The molecule has 2 rings (SSSR count). The van der Waals surface area contributed by atoms with E-state index in [-0.39, 0.29) is 0 Å². The fraction of sp³-hybridized carbons (Fsp3) is 0.400. The van der Waals surface area contributed by atoms with Crippen molar-refractivity contribution >= 4 is 12.0 Å². The van der Waals surface area contributed by atoms with Gasteiger partial charge in [-0.2, -0.15) is 13.2 Å². The Kier molecular flexibility index (Phi) is 4.65. The number of carbonyl (C=O) groups is 1. The number of carboxylic acid groups (broad SMARTS) is 1. The number of ether oxygens (including phenoxy) is 2. The van der Waals surface area contributed by atoms with Gasteiger partial charge in [-0.1, -0.05) is 0 Å². The number of aliphatic carboxylic acids is 1. The summed E-state index contributed by atoms with van der Waals surface area (Å²) in [7, 11) is 0. The van der Waals surface area contributed by atoms with Crippen LogP contribution in [0.1, 0.15) is 25.0 Å². The molecule has 0 bridgehead atoms. The van der Waals surface area contributed by atoms with Crippen LogP contribution in [-0.4, -0.2) is 34.8 Å². The number of hydrogen-bond donors (Lipinski definition) is 2. The Balaban J connectivity index is 2.71. The van der Waals surface area contributed by atoms with Gasteiger partial charge in [-0.3, -0.25) is 0 Å². The molecular weight excluding hydrogens is 374 g/mol. The van der Waals surface area contributed by atoms with E-state index in [1.165, 1.54) is 0 Å². The molecule has 26 heavy (non-hydrogen) atoms. The first-order chi connectivity index (χ1) is 11.6. The molecule has 1 aliphatic heterocycles. The topological polar surface area (TPSA) is 76.0 Å². The van der Waals surface area contributed by atoms with Gasteiger partial charge in [0.2, 0.25) is 6.10 Å². The molecule has 11 heteroatoms. The van der Waals surface area contributed by atoms with Gasteiger partial charge in [-0.05, 0) is 32.1 Å². The van der Waals surface area contributed by atoms with Gasteiger partial charge in [0.15, 0.2) is 0 Å². The summed E-state index contributed by atoms with van der Waals surface area (Å²) in [5.41, 5.74) is -3.94. The Bertz CT molecular complexity index is 758. The minimum absolute atomic E-state index is 0.401. The van der Waals surface area contributed by atoms with Gasteiger partial charge in [-0.25, -0.2) is 4.79 Å². The third-order valence-electron chi connectivity index (χ3n) is 3.36. The molecule has 1 aromatic carbocycles. The van der Waals surface area contributed by atoms with Crippen molar-refractivity contribution in [2.45, 2.75) is 38.1 Å². The lowest BCUT2D eigenvalue weighted by molar-refractivity contribution is -0.274. The molecule has 0 aliphatic carbocycles. The third kappa shape index (κ3) is 4.21. The summed E-state index contributed by atoms with van der Waals surface area (Å²) < 4.78 is 85.2. The maximum atomic E-state index is 13.1. The zero-order valence-corrected chi connectivity index (χ0v) is 13.2. The molecule has 144 valence electrons. The van der Waals surface area contributed by atoms with Crippen LogP contribution < -0.4 is 9.47 Å². The van der Waals surface area contributed by atoms with Crippen molar-refractivity contribution in [1.29, 1.82) is 0 Å². The van der Waals surface area contributed by atoms with E-state index in [0.717, 1.165) is 13.8 Å². The molecule has 1 atom stereocenters. The summed E-state index contributed by atoms with van der Waals surface area (Å²) in [6.07, 6.45) is -12.5. The predicted octanol–water partition coefficient (Wildman–Crippen LogP) is 3.60. The van der Waals surface area contributed by atoms with Crippen LogP contribution in [0.3, 0.4) is 0 Å². The zero-order valence-electron chi connectivity index (χ0n) is 13.2. The van der Waals surface area contributed by atoms with Crippen molar-refractivity contribution < 1.29 is 50.8 Å². The highest BCUT2D eigenvalue weighted by molar-refractivity contribution is 5.95. The fourth-order valence-electron chi connectivity index (χ4n) is 2.35. The molecule has 0 fully saturated rings. The maximum Gasteiger partial charge on any atom is 0.573 e. The quantitative estimate of drug-likeness (QED) is 0.777. The van der Waals surface area contributed by atoms with Crippen LogP contribution in [0.4, 0.5) is 26.3 Å². The SMILES string of the molecule is CC(C)(O)c1cc(OC(F)(F)F)cc2c1OC(C(F)(F)F)C(C(=O)O)=C2. The van der Waals surface area contributed by atoms with Gasteiger partial charge >= 0.3 is 18.5 Å². The molecule has 1 aromatic rings. The van der Waals surface area contributed by atoms with Gasteiger partial charge in [-0.15, -0.1) is 13.2 Å². The second-order valence-electron chi connectivity index (χ2n) is 5.94. The van der Waals surface area contributed by atoms with Crippen molar-refractivity contribution in [1.82, 2.24) is 0 Å². The molecule has 1 aliphatic rings. The summed E-state index contributed by atoms with van der Waals surface area (Å²) in [5.74, 6) is -3.38. The summed E-state index contributed by atoms with van der Waals surface area (Å²) in [6, 6.07) is 1.35. The van der Waals surface area contributed by atoms with E-state index in [0.29, 0.717) is 18.2 Å². The summed E-state index contributed by atoms with van der Waals surface area (Å²) in [5, 5.41) is 19.1. The normalized spacial score (nSPS) is 17.9. The lowest BCUT2D eigenvalue weighted by Gasteiger charge is -2.31. The minimum Gasteiger partial charge on any atom is -0.478 e. The highest BCUT2D eigenvalue weighted by atomic mass is 19.4. The van der Waals surface area contributed by atoms with Crippen LogP contribution in [0.15, 0.2) is 17.7 Å². The maximum absolute atomic E-state index is 13.1. The van der Waals surface area contributed by atoms with E-state index in [1.807, 2.05) is 0 Å².